The summed E-state index contributed by atoms with van der Waals surface area (Å²) in [5.74, 6) is -0.305. The number of carbonyl (C=O) groups excluding carboxylic acids is 1. The van der Waals surface area contributed by atoms with Crippen LogP contribution in [0.3, 0.4) is 0 Å². The van der Waals surface area contributed by atoms with Crippen LogP contribution in [0.2, 0.25) is 0 Å². The number of rotatable bonds is 4. The Morgan fingerprint density at radius 3 is 2.74 bits per heavy atom. The largest absolute Gasteiger partial charge is 0.348 e. The van der Waals surface area contributed by atoms with Gasteiger partial charge in [0, 0.05) is 12.4 Å². The molecular weight excluding hydrogens is 294 g/mol. The van der Waals surface area contributed by atoms with Gasteiger partial charge in [-0.05, 0) is 36.8 Å². The third-order valence-electron chi connectivity index (χ3n) is 3.51. The number of hydrogen-bond donors (Lipinski definition) is 1. The van der Waals surface area contributed by atoms with Crippen LogP contribution in [0.15, 0.2) is 53.6 Å². The van der Waals surface area contributed by atoms with Crippen molar-refractivity contribution in [3.8, 4) is 0 Å². The second-order valence-corrected chi connectivity index (χ2v) is 5.14. The molecule has 0 saturated carbocycles. The molecule has 3 aromatic rings. The van der Waals surface area contributed by atoms with E-state index in [-0.39, 0.29) is 24.1 Å². The summed E-state index contributed by atoms with van der Waals surface area (Å²) >= 11 is 0. The molecule has 0 aliphatic carbocycles. The summed E-state index contributed by atoms with van der Waals surface area (Å²) in [6, 6.07) is 10.4. The minimum Gasteiger partial charge on any atom is -0.348 e. The summed E-state index contributed by atoms with van der Waals surface area (Å²) in [5.41, 5.74) is 1.12. The van der Waals surface area contributed by atoms with Gasteiger partial charge in [0.05, 0.1) is 11.4 Å². The van der Waals surface area contributed by atoms with Crippen molar-refractivity contribution in [2.75, 3.05) is 0 Å². The predicted octanol–water partition coefficient (Wildman–Crippen LogP) is 1.06. The lowest BCUT2D eigenvalue weighted by Gasteiger charge is -2.14. The van der Waals surface area contributed by atoms with E-state index < -0.39 is 0 Å². The van der Waals surface area contributed by atoms with Crippen molar-refractivity contribution in [2.24, 2.45) is 0 Å². The van der Waals surface area contributed by atoms with E-state index in [0.29, 0.717) is 10.9 Å². The first kappa shape index (κ1) is 14.8. The Labute approximate surface area is 132 Å². The fraction of sp³-hybridized carbons (Fsp3) is 0.188. The molecule has 0 aliphatic rings. The fourth-order valence-corrected chi connectivity index (χ4v) is 2.29. The summed E-state index contributed by atoms with van der Waals surface area (Å²) in [6.45, 7) is 1.69. The molecule has 1 N–H and O–H groups in total. The average molecular weight is 309 g/mol. The Hall–Kier alpha value is -3.09. The molecule has 1 atom stereocenters. The molecule has 2 heterocycles. The minimum absolute atomic E-state index is 0.175. The number of carbonyl (C=O) groups is 1. The first-order chi connectivity index (χ1) is 11.1. The van der Waals surface area contributed by atoms with E-state index in [1.165, 1.54) is 0 Å². The number of benzene rings is 1. The van der Waals surface area contributed by atoms with Crippen molar-refractivity contribution in [3.63, 3.8) is 0 Å². The van der Waals surface area contributed by atoms with Crippen LogP contribution in [0.4, 0.5) is 0 Å². The molecule has 0 bridgehead atoms. The Kier molecular flexibility index (Phi) is 4.09. The van der Waals surface area contributed by atoms with Crippen molar-refractivity contribution in [3.05, 3.63) is 64.7 Å². The van der Waals surface area contributed by atoms with E-state index in [2.05, 4.69) is 20.6 Å². The topological polar surface area (TPSA) is 89.8 Å². The molecule has 116 valence electrons. The van der Waals surface area contributed by atoms with Gasteiger partial charge in [0.25, 0.3) is 5.56 Å². The van der Waals surface area contributed by atoms with Gasteiger partial charge in [-0.1, -0.05) is 17.3 Å². The van der Waals surface area contributed by atoms with Gasteiger partial charge >= 0.3 is 0 Å². The van der Waals surface area contributed by atoms with Gasteiger partial charge in [-0.2, -0.15) is 0 Å². The van der Waals surface area contributed by atoms with Crippen molar-refractivity contribution in [1.82, 2.24) is 25.3 Å². The van der Waals surface area contributed by atoms with Gasteiger partial charge in [-0.3, -0.25) is 14.6 Å². The summed E-state index contributed by atoms with van der Waals surface area (Å²) in [7, 11) is 0. The Bertz CT molecular complexity index is 892. The van der Waals surface area contributed by atoms with Crippen molar-refractivity contribution in [1.29, 1.82) is 0 Å². The van der Waals surface area contributed by atoms with Gasteiger partial charge in [0.15, 0.2) is 0 Å². The van der Waals surface area contributed by atoms with Crippen LogP contribution in [0.1, 0.15) is 18.5 Å². The zero-order chi connectivity index (χ0) is 16.2. The lowest BCUT2D eigenvalue weighted by Crippen LogP contribution is -2.35. The number of nitrogens with one attached hydrogen (secondary N) is 1. The third kappa shape index (κ3) is 3.23. The van der Waals surface area contributed by atoms with Gasteiger partial charge < -0.3 is 5.32 Å². The van der Waals surface area contributed by atoms with Crippen molar-refractivity contribution >= 4 is 16.8 Å². The second kappa shape index (κ2) is 6.35. The quantitative estimate of drug-likeness (QED) is 0.778. The molecule has 0 fully saturated rings. The number of nitrogens with zero attached hydrogens (tertiary/aromatic N) is 4. The molecule has 0 saturated heterocycles. The smallest absolute Gasteiger partial charge is 0.278 e. The summed E-state index contributed by atoms with van der Waals surface area (Å²) in [4.78, 5) is 28.4. The highest BCUT2D eigenvalue weighted by Crippen LogP contribution is 2.10. The zero-order valence-electron chi connectivity index (χ0n) is 12.5. The lowest BCUT2D eigenvalue weighted by molar-refractivity contribution is -0.122. The van der Waals surface area contributed by atoms with Gasteiger partial charge in [0.1, 0.15) is 12.1 Å². The molecular formula is C16H15N5O2. The van der Waals surface area contributed by atoms with Crippen LogP contribution in [0.5, 0.6) is 0 Å². The molecule has 7 nitrogen and oxygen atoms in total. The standard InChI is InChI=1S/C16H15N5O2/c1-11(12-6-8-17-9-7-12)18-15(22)10-21-16(23)13-4-2-3-5-14(13)19-20-21/h2-9,11H,10H2,1H3,(H,18,22). The zero-order valence-corrected chi connectivity index (χ0v) is 12.5. The van der Waals surface area contributed by atoms with E-state index in [1.807, 2.05) is 19.1 Å². The highest BCUT2D eigenvalue weighted by Gasteiger charge is 2.12. The molecule has 7 heteroatoms. The molecule has 1 amide bonds. The molecule has 0 radical (unpaired) electrons. The van der Waals surface area contributed by atoms with Gasteiger partial charge in [-0.25, -0.2) is 4.68 Å². The van der Waals surface area contributed by atoms with E-state index in [0.717, 1.165) is 10.2 Å². The summed E-state index contributed by atoms with van der Waals surface area (Å²) in [6.07, 6.45) is 3.33. The van der Waals surface area contributed by atoms with E-state index in [9.17, 15) is 9.59 Å². The normalized spacial score (nSPS) is 12.0. The van der Waals surface area contributed by atoms with Crippen molar-refractivity contribution in [2.45, 2.75) is 19.5 Å². The number of amides is 1. The Morgan fingerprint density at radius 2 is 1.96 bits per heavy atom. The molecule has 0 spiro atoms. The van der Waals surface area contributed by atoms with Crippen LogP contribution in [0.25, 0.3) is 10.9 Å². The first-order valence-corrected chi connectivity index (χ1v) is 7.17. The monoisotopic (exact) mass is 309 g/mol. The number of hydrogen-bond acceptors (Lipinski definition) is 5. The maximum absolute atomic E-state index is 12.3. The molecule has 1 unspecified atom stereocenters. The summed E-state index contributed by atoms with van der Waals surface area (Å²) < 4.78 is 1.07. The maximum atomic E-state index is 12.3. The van der Waals surface area contributed by atoms with E-state index in [1.54, 1.807) is 36.7 Å². The summed E-state index contributed by atoms with van der Waals surface area (Å²) in [5, 5.41) is 11.0. The lowest BCUT2D eigenvalue weighted by atomic mass is 10.1. The van der Waals surface area contributed by atoms with Crippen molar-refractivity contribution < 1.29 is 4.79 Å². The molecule has 2 aromatic heterocycles. The highest BCUT2D eigenvalue weighted by atomic mass is 16.2. The Morgan fingerprint density at radius 1 is 1.22 bits per heavy atom. The second-order valence-electron chi connectivity index (χ2n) is 5.14. The van der Waals surface area contributed by atoms with Crippen LogP contribution >= 0.6 is 0 Å². The van der Waals surface area contributed by atoms with E-state index in [4.69, 9.17) is 0 Å². The highest BCUT2D eigenvalue weighted by molar-refractivity contribution is 5.78. The minimum atomic E-state index is -0.331. The number of pyridine rings is 1. The maximum Gasteiger partial charge on any atom is 0.278 e. The average Bonchev–Trinajstić information content (AvgIpc) is 2.58. The van der Waals surface area contributed by atoms with Crippen LogP contribution < -0.4 is 10.9 Å². The van der Waals surface area contributed by atoms with Gasteiger partial charge in [-0.15, -0.1) is 5.10 Å². The Balaban J connectivity index is 1.76. The first-order valence-electron chi connectivity index (χ1n) is 7.17. The number of aromatic nitrogens is 4. The molecule has 0 aliphatic heterocycles. The molecule has 1 aromatic carbocycles. The van der Waals surface area contributed by atoms with E-state index >= 15 is 0 Å². The molecule has 3 rings (SSSR count). The predicted molar refractivity (Wildman–Crippen MR) is 84.6 cm³/mol. The van der Waals surface area contributed by atoms with Crippen LogP contribution in [-0.4, -0.2) is 25.9 Å². The third-order valence-corrected chi connectivity index (χ3v) is 3.51. The SMILES string of the molecule is CC(NC(=O)Cn1nnc2ccccc2c1=O)c1ccncc1. The van der Waals surface area contributed by atoms with Crippen LogP contribution in [-0.2, 0) is 11.3 Å². The van der Waals surface area contributed by atoms with Gasteiger partial charge in [0.2, 0.25) is 5.91 Å². The molecule has 23 heavy (non-hydrogen) atoms. The number of fused-ring (bicyclic) bond motifs is 1. The fourth-order valence-electron chi connectivity index (χ4n) is 2.29. The van der Waals surface area contributed by atoms with Crippen LogP contribution in [0, 0.1) is 0 Å².